The van der Waals surface area contributed by atoms with Crippen molar-refractivity contribution < 1.29 is 24.2 Å². The SMILES string of the molecule is Cc1ncsc1-c1ccc(CNC(=O)[C@H]2C[C@H](O)CN2C(=O)C(CNC(=O)C2CCN([C@H]3C[C@@H](COc4nc(N5CC6CCC(C5)N6)c5cnc(-c6cccc7cccc(Cl)c67)cc5n4)N(C)C3)CC2)C(C)(C)C)cc1. The van der Waals surface area contributed by atoms with Gasteiger partial charge in [-0.05, 0) is 93.2 Å². The Kier molecular flexibility index (Phi) is 15.1. The molecule has 3 amide bonds. The van der Waals surface area contributed by atoms with Crippen LogP contribution in [0, 0.1) is 24.2 Å². The van der Waals surface area contributed by atoms with E-state index >= 15 is 0 Å². The lowest BCUT2D eigenvalue weighted by molar-refractivity contribution is -0.144. The van der Waals surface area contributed by atoms with Gasteiger partial charge in [0.2, 0.25) is 17.7 Å². The van der Waals surface area contributed by atoms with E-state index in [-0.39, 0.29) is 49.2 Å². The number of aliphatic hydroxyl groups excluding tert-OH is 1. The number of nitrogens with zero attached hydrogens (tertiary/aromatic N) is 8. The number of hydrogen-bond acceptors (Lipinski definition) is 14. The number of rotatable bonds is 14. The van der Waals surface area contributed by atoms with Gasteiger partial charge in [-0.25, -0.2) is 4.98 Å². The number of benzene rings is 3. The molecule has 5 aliphatic rings. The number of likely N-dealkylation sites (N-methyl/N-ethyl adjacent to an activating group) is 1. The largest absolute Gasteiger partial charge is 0.462 e. The molecule has 0 saturated carbocycles. The van der Waals surface area contributed by atoms with Crippen molar-refractivity contribution in [3.8, 4) is 27.7 Å². The van der Waals surface area contributed by atoms with Crippen LogP contribution in [-0.2, 0) is 20.9 Å². The van der Waals surface area contributed by atoms with E-state index in [1.165, 1.54) is 4.90 Å². The van der Waals surface area contributed by atoms with Crippen LogP contribution in [0.25, 0.3) is 43.4 Å². The molecular formula is C58H70ClN11O5S. The summed E-state index contributed by atoms with van der Waals surface area (Å²) < 4.78 is 6.59. The Hall–Kier alpha value is -5.82. The Morgan fingerprint density at radius 3 is 2.38 bits per heavy atom. The minimum atomic E-state index is -0.816. The van der Waals surface area contributed by atoms with Gasteiger partial charge in [0.05, 0.1) is 44.7 Å². The van der Waals surface area contributed by atoms with E-state index in [2.05, 4.69) is 60.9 Å². The van der Waals surface area contributed by atoms with Crippen LogP contribution in [0.2, 0.25) is 5.02 Å². The standard InChI is InChI=1S/C58H70ClN11O5S/c1-34-52(76-33-63-34)37-14-12-35(13-15-37)25-61-55(73)50-23-43(71)31-70(50)56(74)46(58(2,3)4)27-62-54(72)38-18-20-68(21-19-38)41-22-42(67(5)30-41)32-75-57-65-49-24-48(44-10-6-8-36-9-7-11-47(59)51(36)44)60-26-45(49)53(66-57)69-28-39-16-17-40(29-69)64-39/h6-15,24,26,33,38-43,46,50,64,71H,16-23,25,27-32H2,1-5H3,(H,61,73)(H,62,72)/t39?,40?,41-,42-,43-,46?,50+/m0/s1. The number of thiazole rings is 1. The number of aromatic nitrogens is 4. The van der Waals surface area contributed by atoms with E-state index in [9.17, 15) is 19.5 Å². The number of anilines is 1. The Bertz CT molecular complexity index is 3090. The number of aryl methyl sites for hydroxylation is 1. The second-order valence-corrected chi connectivity index (χ2v) is 24.2. The van der Waals surface area contributed by atoms with Crippen LogP contribution < -0.4 is 25.6 Å². The molecule has 3 aromatic heterocycles. The second-order valence-electron chi connectivity index (χ2n) is 22.9. The summed E-state index contributed by atoms with van der Waals surface area (Å²) >= 11 is 8.37. The van der Waals surface area contributed by atoms with Crippen LogP contribution in [0.4, 0.5) is 5.82 Å². The summed E-state index contributed by atoms with van der Waals surface area (Å²) in [6.07, 6.45) is 5.92. The molecule has 3 aromatic carbocycles. The van der Waals surface area contributed by atoms with Gasteiger partial charge < -0.3 is 35.6 Å². The number of fused-ring (bicyclic) bond motifs is 4. The maximum absolute atomic E-state index is 14.4. The van der Waals surface area contributed by atoms with E-state index in [0.29, 0.717) is 42.3 Å². The van der Waals surface area contributed by atoms with Gasteiger partial charge in [0.15, 0.2) is 0 Å². The monoisotopic (exact) mass is 1070 g/mol. The van der Waals surface area contributed by atoms with Crippen LogP contribution in [0.1, 0.15) is 70.6 Å². The van der Waals surface area contributed by atoms with E-state index in [1.807, 2.05) is 87.9 Å². The minimum absolute atomic E-state index is 0.0455. The highest BCUT2D eigenvalue weighted by Crippen LogP contribution is 2.38. The predicted octanol–water partition coefficient (Wildman–Crippen LogP) is 7.09. The van der Waals surface area contributed by atoms with E-state index in [1.54, 1.807) is 11.3 Å². The van der Waals surface area contributed by atoms with Crippen LogP contribution in [0.15, 0.2) is 78.4 Å². The van der Waals surface area contributed by atoms with Gasteiger partial charge in [0, 0.05) is 97.9 Å². The smallest absolute Gasteiger partial charge is 0.319 e. The maximum atomic E-state index is 14.4. The molecule has 5 saturated heterocycles. The van der Waals surface area contributed by atoms with E-state index < -0.39 is 23.5 Å². The van der Waals surface area contributed by atoms with Crippen molar-refractivity contribution in [1.82, 2.24) is 50.6 Å². The highest BCUT2D eigenvalue weighted by atomic mass is 35.5. The number of aliphatic hydroxyl groups is 1. The lowest BCUT2D eigenvalue weighted by Gasteiger charge is -2.37. The molecule has 4 N–H and O–H groups in total. The molecule has 5 aliphatic heterocycles. The van der Waals surface area contributed by atoms with Crippen molar-refractivity contribution >= 4 is 68.2 Å². The molecule has 11 rings (SSSR count). The van der Waals surface area contributed by atoms with Crippen molar-refractivity contribution in [3.05, 3.63) is 94.7 Å². The van der Waals surface area contributed by atoms with Crippen molar-refractivity contribution in [3.63, 3.8) is 0 Å². The number of carbonyl (C=O) groups is 3. The Morgan fingerprint density at radius 2 is 1.66 bits per heavy atom. The summed E-state index contributed by atoms with van der Waals surface area (Å²) in [5, 5.41) is 24.3. The maximum Gasteiger partial charge on any atom is 0.319 e. The number of pyridine rings is 1. The van der Waals surface area contributed by atoms with Crippen molar-refractivity contribution in [2.24, 2.45) is 17.3 Å². The first kappa shape index (κ1) is 52.2. The first-order chi connectivity index (χ1) is 36.6. The number of piperidine rings is 1. The third kappa shape index (κ3) is 11.0. The molecule has 0 radical (unpaired) electrons. The number of amides is 3. The average molecular weight is 1070 g/mol. The lowest BCUT2D eigenvalue weighted by Crippen LogP contribution is -2.52. The number of piperazine rings is 1. The highest BCUT2D eigenvalue weighted by molar-refractivity contribution is 7.13. The van der Waals surface area contributed by atoms with Gasteiger partial charge in [-0.1, -0.05) is 87.0 Å². The summed E-state index contributed by atoms with van der Waals surface area (Å²) in [6.45, 7) is 13.1. The number of halogens is 1. The molecule has 3 unspecified atom stereocenters. The van der Waals surface area contributed by atoms with Gasteiger partial charge in [0.1, 0.15) is 18.5 Å². The first-order valence-corrected chi connectivity index (χ1v) is 28.4. The molecule has 16 nitrogen and oxygen atoms in total. The summed E-state index contributed by atoms with van der Waals surface area (Å²) in [7, 11) is 2.15. The summed E-state index contributed by atoms with van der Waals surface area (Å²) in [5.41, 5.74) is 6.82. The quantitative estimate of drug-likeness (QED) is 0.0869. The molecule has 2 bridgehead atoms. The number of carbonyl (C=O) groups excluding carboxylic acids is 3. The fourth-order valence-electron chi connectivity index (χ4n) is 12.4. The molecule has 8 heterocycles. The molecule has 18 heteroatoms. The number of likely N-dealkylation sites (tertiary alicyclic amines) is 3. The number of hydrogen-bond donors (Lipinski definition) is 4. The van der Waals surface area contributed by atoms with Gasteiger partial charge in [-0.2, -0.15) is 9.97 Å². The van der Waals surface area contributed by atoms with Gasteiger partial charge in [-0.3, -0.25) is 29.2 Å². The lowest BCUT2D eigenvalue weighted by atomic mass is 9.79. The van der Waals surface area contributed by atoms with Crippen LogP contribution in [-0.4, -0.2) is 153 Å². The number of nitrogens with one attached hydrogen (secondary N) is 3. The van der Waals surface area contributed by atoms with Crippen LogP contribution >= 0.6 is 22.9 Å². The van der Waals surface area contributed by atoms with E-state index in [0.717, 1.165) is 125 Å². The average Bonchev–Trinajstić information content (AvgIpc) is 4.22. The predicted molar refractivity (Wildman–Crippen MR) is 298 cm³/mol. The zero-order chi connectivity index (χ0) is 52.8. The Labute approximate surface area is 454 Å². The normalized spacial score (nSPS) is 23.9. The van der Waals surface area contributed by atoms with Crippen molar-refractivity contribution in [2.45, 2.75) is 109 Å². The van der Waals surface area contributed by atoms with E-state index in [4.69, 9.17) is 31.3 Å². The third-order valence-corrected chi connectivity index (χ3v) is 18.1. The molecule has 0 aliphatic carbocycles. The third-order valence-electron chi connectivity index (χ3n) is 16.8. The molecular weight excluding hydrogens is 998 g/mol. The van der Waals surface area contributed by atoms with Crippen molar-refractivity contribution in [1.29, 1.82) is 0 Å². The molecule has 7 atom stereocenters. The van der Waals surface area contributed by atoms with Crippen LogP contribution in [0.5, 0.6) is 6.01 Å². The fraction of sp³-hybridized carbons (Fsp3) is 0.500. The van der Waals surface area contributed by atoms with Gasteiger partial charge >= 0.3 is 6.01 Å². The molecule has 0 spiro atoms. The topological polar surface area (TPSA) is 181 Å². The number of ether oxygens (including phenoxy) is 1. The molecule has 76 heavy (non-hydrogen) atoms. The Balaban J connectivity index is 0.691. The van der Waals surface area contributed by atoms with Gasteiger partial charge in [-0.15, -0.1) is 11.3 Å². The molecule has 6 aromatic rings. The summed E-state index contributed by atoms with van der Waals surface area (Å²) in [4.78, 5) is 71.2. The minimum Gasteiger partial charge on any atom is -0.462 e. The second kappa shape index (κ2) is 21.9. The zero-order valence-electron chi connectivity index (χ0n) is 44.2. The van der Waals surface area contributed by atoms with Crippen molar-refractivity contribution in [2.75, 3.05) is 64.4 Å². The molecule has 400 valence electrons. The van der Waals surface area contributed by atoms with Gasteiger partial charge in [0.25, 0.3) is 0 Å². The fourth-order valence-corrected chi connectivity index (χ4v) is 13.5. The highest BCUT2D eigenvalue weighted by Gasteiger charge is 2.45. The summed E-state index contributed by atoms with van der Waals surface area (Å²) in [5.74, 6) is -0.492. The van der Waals surface area contributed by atoms with Crippen LogP contribution in [0.3, 0.4) is 0 Å². The Morgan fingerprint density at radius 1 is 0.908 bits per heavy atom. The summed E-state index contributed by atoms with van der Waals surface area (Å²) in [6, 6.07) is 23.0. The zero-order valence-corrected chi connectivity index (χ0v) is 45.7. The molecule has 5 fully saturated rings. The number of β-amino-alcohol motifs (C(OH)–C–C–N with tert-alkyl or cyclic N) is 1. The first-order valence-electron chi connectivity index (χ1n) is 27.1.